The fourth-order valence-electron chi connectivity index (χ4n) is 1.61. The summed E-state index contributed by atoms with van der Waals surface area (Å²) in [5, 5.41) is 0.874. The van der Waals surface area contributed by atoms with Crippen LogP contribution in [0.4, 0.5) is 0 Å². The molecule has 0 heterocycles. The Hall–Kier alpha value is -1.51. The molecule has 0 atom stereocenters. The van der Waals surface area contributed by atoms with Crippen molar-refractivity contribution in [3.63, 3.8) is 0 Å². The first-order valence-electron chi connectivity index (χ1n) is 5.78. The molecule has 0 radical (unpaired) electrons. The number of hydrogen-bond acceptors (Lipinski definition) is 2. The normalized spacial score (nSPS) is 10.2. The molecule has 0 aromatic heterocycles. The van der Waals surface area contributed by atoms with Gasteiger partial charge >= 0.3 is 0 Å². The van der Waals surface area contributed by atoms with Crippen LogP contribution in [0.5, 0.6) is 5.75 Å². The van der Waals surface area contributed by atoms with Crippen LogP contribution in [0.25, 0.3) is 0 Å². The Morgan fingerprint density at radius 1 is 1.00 bits per heavy atom. The molecule has 2 aromatic rings. The van der Waals surface area contributed by atoms with Crippen LogP contribution in [0, 0.1) is 0 Å². The van der Waals surface area contributed by atoms with E-state index in [1.807, 2.05) is 30.3 Å². The summed E-state index contributed by atoms with van der Waals surface area (Å²) in [6.45, 7) is 0.0207. The van der Waals surface area contributed by atoms with Crippen LogP contribution >= 0.6 is 23.2 Å². The highest BCUT2D eigenvalue weighted by Crippen LogP contribution is 2.26. The van der Waals surface area contributed by atoms with E-state index in [0.717, 1.165) is 5.56 Å². The fourth-order valence-corrected chi connectivity index (χ4v) is 1.89. The molecular weight excluding hydrogens is 283 g/mol. The molecule has 0 saturated heterocycles. The zero-order chi connectivity index (χ0) is 13.7. The third-order valence-electron chi connectivity index (χ3n) is 2.54. The Morgan fingerprint density at radius 2 is 1.74 bits per heavy atom. The Kier molecular flexibility index (Phi) is 4.83. The van der Waals surface area contributed by atoms with Crippen molar-refractivity contribution in [2.45, 2.75) is 6.42 Å². The van der Waals surface area contributed by atoms with E-state index in [1.54, 1.807) is 18.2 Å². The molecule has 19 heavy (non-hydrogen) atoms. The van der Waals surface area contributed by atoms with Gasteiger partial charge in [0.05, 0.1) is 10.0 Å². The van der Waals surface area contributed by atoms with Gasteiger partial charge in [-0.25, -0.2) is 0 Å². The van der Waals surface area contributed by atoms with Gasteiger partial charge in [-0.2, -0.15) is 0 Å². The molecular formula is C15H12Cl2O2. The molecule has 0 fully saturated rings. The highest BCUT2D eigenvalue weighted by Gasteiger charge is 2.06. The monoisotopic (exact) mass is 294 g/mol. The lowest BCUT2D eigenvalue weighted by molar-refractivity contribution is -0.120. The van der Waals surface area contributed by atoms with Gasteiger partial charge in [-0.3, -0.25) is 4.79 Å². The van der Waals surface area contributed by atoms with E-state index in [2.05, 4.69) is 0 Å². The fraction of sp³-hybridized carbons (Fsp3) is 0.133. The highest BCUT2D eigenvalue weighted by atomic mass is 35.5. The summed E-state index contributed by atoms with van der Waals surface area (Å²) in [5.41, 5.74) is 0.977. The Morgan fingerprint density at radius 3 is 2.42 bits per heavy atom. The standard InChI is InChI=1S/C15H12Cl2O2/c16-14-7-6-13(9-15(14)17)19-10-12(18)8-11-4-2-1-3-5-11/h1-7,9H,8,10H2. The molecule has 0 aliphatic heterocycles. The molecule has 0 saturated carbocycles. The van der Waals surface area contributed by atoms with Gasteiger partial charge in [0, 0.05) is 12.5 Å². The minimum absolute atomic E-state index is 0.0114. The van der Waals surface area contributed by atoms with Gasteiger partial charge in [0.2, 0.25) is 0 Å². The minimum Gasteiger partial charge on any atom is -0.486 e. The van der Waals surface area contributed by atoms with Crippen molar-refractivity contribution in [2.75, 3.05) is 6.61 Å². The van der Waals surface area contributed by atoms with Gasteiger partial charge in [0.15, 0.2) is 5.78 Å². The number of benzene rings is 2. The lowest BCUT2D eigenvalue weighted by atomic mass is 10.1. The zero-order valence-electron chi connectivity index (χ0n) is 10.1. The van der Waals surface area contributed by atoms with Gasteiger partial charge in [-0.05, 0) is 17.7 Å². The van der Waals surface area contributed by atoms with Crippen LogP contribution in [-0.2, 0) is 11.2 Å². The molecule has 0 unspecified atom stereocenters. The summed E-state index contributed by atoms with van der Waals surface area (Å²) in [4.78, 5) is 11.8. The van der Waals surface area contributed by atoms with Gasteiger partial charge in [-0.15, -0.1) is 0 Å². The van der Waals surface area contributed by atoms with Crippen LogP contribution in [0.3, 0.4) is 0 Å². The summed E-state index contributed by atoms with van der Waals surface area (Å²) < 4.78 is 5.38. The highest BCUT2D eigenvalue weighted by molar-refractivity contribution is 6.42. The van der Waals surface area contributed by atoms with Crippen molar-refractivity contribution in [1.29, 1.82) is 0 Å². The van der Waals surface area contributed by atoms with Crippen LogP contribution in [0.1, 0.15) is 5.56 Å². The van der Waals surface area contributed by atoms with E-state index in [-0.39, 0.29) is 12.4 Å². The lowest BCUT2D eigenvalue weighted by Gasteiger charge is -2.06. The number of rotatable bonds is 5. The van der Waals surface area contributed by atoms with Crippen molar-refractivity contribution in [2.24, 2.45) is 0 Å². The average molecular weight is 295 g/mol. The number of ether oxygens (including phenoxy) is 1. The van der Waals surface area contributed by atoms with E-state index < -0.39 is 0 Å². The number of hydrogen-bond donors (Lipinski definition) is 0. The van der Waals surface area contributed by atoms with Gasteiger partial charge < -0.3 is 4.74 Å². The predicted molar refractivity (Wildman–Crippen MR) is 77.1 cm³/mol. The Balaban J connectivity index is 1.88. The molecule has 0 spiro atoms. The minimum atomic E-state index is 0.0114. The summed E-state index contributed by atoms with van der Waals surface area (Å²) in [7, 11) is 0. The maximum absolute atomic E-state index is 11.8. The number of carbonyl (C=O) groups excluding carboxylic acids is 1. The smallest absolute Gasteiger partial charge is 0.174 e. The average Bonchev–Trinajstić information content (AvgIpc) is 2.41. The molecule has 0 aliphatic rings. The molecule has 4 heteroatoms. The van der Waals surface area contributed by atoms with Gasteiger partial charge in [0.25, 0.3) is 0 Å². The van der Waals surface area contributed by atoms with Gasteiger partial charge in [-0.1, -0.05) is 53.5 Å². The zero-order valence-corrected chi connectivity index (χ0v) is 11.6. The second kappa shape index (κ2) is 6.60. The molecule has 0 bridgehead atoms. The molecule has 2 nitrogen and oxygen atoms in total. The second-order valence-electron chi connectivity index (χ2n) is 4.07. The lowest BCUT2D eigenvalue weighted by Crippen LogP contribution is -2.13. The largest absolute Gasteiger partial charge is 0.486 e. The molecule has 98 valence electrons. The summed E-state index contributed by atoms with van der Waals surface area (Å²) in [6.07, 6.45) is 0.363. The number of ketones is 1. The van der Waals surface area contributed by atoms with Crippen LogP contribution < -0.4 is 4.74 Å². The topological polar surface area (TPSA) is 26.3 Å². The third-order valence-corrected chi connectivity index (χ3v) is 3.27. The molecule has 2 rings (SSSR count). The summed E-state index contributed by atoms with van der Waals surface area (Å²) in [5.74, 6) is 0.549. The van der Waals surface area contributed by atoms with Crippen molar-refractivity contribution in [3.05, 3.63) is 64.1 Å². The molecule has 2 aromatic carbocycles. The Labute approximate surface area is 121 Å². The van der Waals surface area contributed by atoms with Crippen molar-refractivity contribution in [3.8, 4) is 5.75 Å². The number of halogens is 2. The first-order chi connectivity index (χ1) is 9.15. The predicted octanol–water partition coefficient (Wildman–Crippen LogP) is 4.18. The summed E-state index contributed by atoms with van der Waals surface area (Å²) >= 11 is 11.7. The van der Waals surface area contributed by atoms with Crippen molar-refractivity contribution >= 4 is 29.0 Å². The Bertz CT molecular complexity index is 568. The number of carbonyl (C=O) groups is 1. The van der Waals surface area contributed by atoms with Crippen molar-refractivity contribution < 1.29 is 9.53 Å². The van der Waals surface area contributed by atoms with E-state index in [1.165, 1.54) is 0 Å². The summed E-state index contributed by atoms with van der Waals surface area (Å²) in [6, 6.07) is 14.5. The van der Waals surface area contributed by atoms with Crippen LogP contribution in [0.2, 0.25) is 10.0 Å². The molecule has 0 N–H and O–H groups in total. The van der Waals surface area contributed by atoms with Crippen molar-refractivity contribution in [1.82, 2.24) is 0 Å². The van der Waals surface area contributed by atoms with E-state index in [4.69, 9.17) is 27.9 Å². The van der Waals surface area contributed by atoms with E-state index in [0.29, 0.717) is 22.2 Å². The third kappa shape index (κ3) is 4.27. The quantitative estimate of drug-likeness (QED) is 0.827. The van der Waals surface area contributed by atoms with Crippen LogP contribution in [-0.4, -0.2) is 12.4 Å². The first kappa shape index (κ1) is 13.9. The molecule has 0 amide bonds. The maximum Gasteiger partial charge on any atom is 0.174 e. The maximum atomic E-state index is 11.8. The number of Topliss-reactive ketones (excluding diaryl/α,β-unsaturated/α-hetero) is 1. The van der Waals surface area contributed by atoms with E-state index in [9.17, 15) is 4.79 Å². The second-order valence-corrected chi connectivity index (χ2v) is 4.88. The molecule has 0 aliphatic carbocycles. The SMILES string of the molecule is O=C(COc1ccc(Cl)c(Cl)c1)Cc1ccccc1. The van der Waals surface area contributed by atoms with Gasteiger partial charge in [0.1, 0.15) is 12.4 Å². The van der Waals surface area contributed by atoms with Crippen LogP contribution in [0.15, 0.2) is 48.5 Å². The van der Waals surface area contributed by atoms with E-state index >= 15 is 0 Å². The first-order valence-corrected chi connectivity index (χ1v) is 6.54.